The van der Waals surface area contributed by atoms with Gasteiger partial charge in [-0.05, 0) is 30.6 Å². The number of nitrogens with one attached hydrogen (secondary N) is 1. The lowest BCUT2D eigenvalue weighted by atomic mass is 9.76. The van der Waals surface area contributed by atoms with Crippen molar-refractivity contribution < 1.29 is 0 Å². The number of hydrogen-bond donors (Lipinski definition) is 1. The highest BCUT2D eigenvalue weighted by Crippen LogP contribution is 2.31. The Balaban J connectivity index is 2.03. The predicted octanol–water partition coefficient (Wildman–Crippen LogP) is 2.64. The Kier molecular flexibility index (Phi) is 4.61. The second kappa shape index (κ2) is 6.04. The van der Waals surface area contributed by atoms with Crippen molar-refractivity contribution in [1.82, 2.24) is 20.1 Å². The van der Waals surface area contributed by atoms with Crippen LogP contribution in [0.1, 0.15) is 52.8 Å². The summed E-state index contributed by atoms with van der Waals surface area (Å²) in [7, 11) is 0. The van der Waals surface area contributed by atoms with Gasteiger partial charge in [-0.1, -0.05) is 27.7 Å². The summed E-state index contributed by atoms with van der Waals surface area (Å²) in [4.78, 5) is 4.47. The fraction of sp³-hybridized carbons (Fsp3) is 0.867. The van der Waals surface area contributed by atoms with Crippen LogP contribution in [0.2, 0.25) is 0 Å². The second-order valence-corrected chi connectivity index (χ2v) is 6.54. The van der Waals surface area contributed by atoms with Gasteiger partial charge in [-0.25, -0.2) is 4.98 Å². The minimum Gasteiger partial charge on any atom is -0.313 e. The van der Waals surface area contributed by atoms with Gasteiger partial charge in [0.2, 0.25) is 0 Å². The number of rotatable bonds is 8. The maximum Gasteiger partial charge on any atom is 0.138 e. The number of aromatic nitrogens is 3. The van der Waals surface area contributed by atoms with Crippen molar-refractivity contribution in [3.8, 4) is 0 Å². The summed E-state index contributed by atoms with van der Waals surface area (Å²) in [6, 6.07) is 0.770. The van der Waals surface area contributed by atoms with Crippen LogP contribution in [0.3, 0.4) is 0 Å². The van der Waals surface area contributed by atoms with E-state index in [2.05, 4.69) is 47.8 Å². The minimum absolute atomic E-state index is 0.251. The average molecular weight is 264 g/mol. The van der Waals surface area contributed by atoms with Crippen LogP contribution in [-0.2, 0) is 13.0 Å². The molecule has 0 saturated heterocycles. The first-order valence-corrected chi connectivity index (χ1v) is 7.65. The molecule has 1 aromatic rings. The lowest BCUT2D eigenvalue weighted by Gasteiger charge is -2.34. The summed E-state index contributed by atoms with van der Waals surface area (Å²) in [6.07, 6.45) is 6.50. The lowest BCUT2D eigenvalue weighted by molar-refractivity contribution is 0.199. The molecule has 1 atom stereocenters. The lowest BCUT2D eigenvalue weighted by Crippen LogP contribution is -2.39. The molecular weight excluding hydrogens is 236 g/mol. The van der Waals surface area contributed by atoms with Gasteiger partial charge in [0.05, 0.1) is 0 Å². The molecule has 1 aliphatic carbocycles. The van der Waals surface area contributed by atoms with Crippen molar-refractivity contribution in [2.75, 3.05) is 6.54 Å². The van der Waals surface area contributed by atoms with Gasteiger partial charge in [-0.2, -0.15) is 5.10 Å². The Bertz CT molecular complexity index is 395. The van der Waals surface area contributed by atoms with E-state index < -0.39 is 0 Å². The highest BCUT2D eigenvalue weighted by atomic mass is 15.3. The molecule has 1 aromatic heterocycles. The standard InChI is InChI=1S/C15H28N4/c1-5-8-19-14(17-11-18-19)9-15(4,12(2)3)10-16-13-6-7-13/h11-13,16H,5-10H2,1-4H3. The highest BCUT2D eigenvalue weighted by molar-refractivity contribution is 4.96. The summed E-state index contributed by atoms with van der Waals surface area (Å²) < 4.78 is 2.07. The second-order valence-electron chi connectivity index (χ2n) is 6.54. The molecular formula is C15H28N4. The van der Waals surface area contributed by atoms with Crippen molar-refractivity contribution in [3.05, 3.63) is 12.2 Å². The van der Waals surface area contributed by atoms with Gasteiger partial charge in [0.25, 0.3) is 0 Å². The minimum atomic E-state index is 0.251. The largest absolute Gasteiger partial charge is 0.313 e. The zero-order valence-electron chi connectivity index (χ0n) is 12.8. The molecule has 0 aromatic carbocycles. The van der Waals surface area contributed by atoms with E-state index in [9.17, 15) is 0 Å². The average Bonchev–Trinajstić information content (AvgIpc) is 3.10. The predicted molar refractivity (Wildman–Crippen MR) is 78.0 cm³/mol. The van der Waals surface area contributed by atoms with E-state index in [1.807, 2.05) is 0 Å². The maximum absolute atomic E-state index is 4.47. The Morgan fingerprint density at radius 1 is 1.47 bits per heavy atom. The van der Waals surface area contributed by atoms with Crippen LogP contribution < -0.4 is 5.32 Å². The van der Waals surface area contributed by atoms with E-state index in [0.29, 0.717) is 5.92 Å². The molecule has 0 amide bonds. The molecule has 0 spiro atoms. The molecule has 0 radical (unpaired) electrons. The van der Waals surface area contributed by atoms with Gasteiger partial charge in [-0.3, -0.25) is 4.68 Å². The molecule has 4 nitrogen and oxygen atoms in total. The molecule has 0 aliphatic heterocycles. The van der Waals surface area contributed by atoms with E-state index in [0.717, 1.165) is 37.8 Å². The van der Waals surface area contributed by atoms with Crippen molar-refractivity contribution >= 4 is 0 Å². The molecule has 1 saturated carbocycles. The Morgan fingerprint density at radius 3 is 2.79 bits per heavy atom. The summed E-state index contributed by atoms with van der Waals surface area (Å²) >= 11 is 0. The van der Waals surface area contributed by atoms with E-state index in [1.165, 1.54) is 12.8 Å². The summed E-state index contributed by atoms with van der Waals surface area (Å²) in [5, 5.41) is 8.03. The normalized spacial score (nSPS) is 18.8. The van der Waals surface area contributed by atoms with Gasteiger partial charge < -0.3 is 5.32 Å². The molecule has 1 unspecified atom stereocenters. The Morgan fingerprint density at radius 2 is 2.21 bits per heavy atom. The van der Waals surface area contributed by atoms with Gasteiger partial charge in [0.15, 0.2) is 0 Å². The summed E-state index contributed by atoms with van der Waals surface area (Å²) in [5.41, 5.74) is 0.251. The molecule has 108 valence electrons. The first kappa shape index (κ1) is 14.5. The van der Waals surface area contributed by atoms with Crippen LogP contribution in [0.5, 0.6) is 0 Å². The van der Waals surface area contributed by atoms with Gasteiger partial charge >= 0.3 is 0 Å². The SMILES string of the molecule is CCCn1ncnc1CC(C)(CNC1CC1)C(C)C. The molecule has 2 rings (SSSR count). The fourth-order valence-corrected chi connectivity index (χ4v) is 2.32. The third kappa shape index (κ3) is 3.78. The smallest absolute Gasteiger partial charge is 0.138 e. The number of nitrogens with zero attached hydrogens (tertiary/aromatic N) is 3. The summed E-state index contributed by atoms with van der Waals surface area (Å²) in [5.74, 6) is 1.76. The van der Waals surface area contributed by atoms with Crippen molar-refractivity contribution in [2.24, 2.45) is 11.3 Å². The van der Waals surface area contributed by atoms with Gasteiger partial charge in [0.1, 0.15) is 12.2 Å². The first-order valence-electron chi connectivity index (χ1n) is 7.65. The van der Waals surface area contributed by atoms with E-state index in [4.69, 9.17) is 0 Å². The fourth-order valence-electron chi connectivity index (χ4n) is 2.32. The monoisotopic (exact) mass is 264 g/mol. The topological polar surface area (TPSA) is 42.7 Å². The van der Waals surface area contributed by atoms with Crippen molar-refractivity contribution in [2.45, 2.75) is 66.0 Å². The molecule has 4 heteroatoms. The third-order valence-corrected chi connectivity index (χ3v) is 4.46. The first-order chi connectivity index (χ1) is 9.05. The van der Waals surface area contributed by atoms with Gasteiger partial charge in [0, 0.05) is 25.6 Å². The van der Waals surface area contributed by atoms with E-state index in [-0.39, 0.29) is 5.41 Å². The van der Waals surface area contributed by atoms with Crippen LogP contribution in [0.25, 0.3) is 0 Å². The van der Waals surface area contributed by atoms with Crippen LogP contribution >= 0.6 is 0 Å². The quantitative estimate of drug-likeness (QED) is 0.785. The molecule has 1 fully saturated rings. The van der Waals surface area contributed by atoms with E-state index in [1.54, 1.807) is 6.33 Å². The Hall–Kier alpha value is -0.900. The third-order valence-electron chi connectivity index (χ3n) is 4.46. The van der Waals surface area contributed by atoms with Crippen molar-refractivity contribution in [3.63, 3.8) is 0 Å². The van der Waals surface area contributed by atoms with Gasteiger partial charge in [-0.15, -0.1) is 0 Å². The highest BCUT2D eigenvalue weighted by Gasteiger charge is 2.32. The van der Waals surface area contributed by atoms with Crippen LogP contribution in [0.4, 0.5) is 0 Å². The molecule has 1 aliphatic rings. The maximum atomic E-state index is 4.47. The zero-order chi connectivity index (χ0) is 13.9. The Labute approximate surface area is 117 Å². The summed E-state index contributed by atoms with van der Waals surface area (Å²) in [6.45, 7) is 11.2. The molecule has 19 heavy (non-hydrogen) atoms. The van der Waals surface area contributed by atoms with E-state index >= 15 is 0 Å². The van der Waals surface area contributed by atoms with Crippen LogP contribution in [0.15, 0.2) is 6.33 Å². The molecule has 1 N–H and O–H groups in total. The molecule has 0 bridgehead atoms. The molecule has 1 heterocycles. The van der Waals surface area contributed by atoms with Crippen LogP contribution in [0, 0.1) is 11.3 Å². The number of hydrogen-bond acceptors (Lipinski definition) is 3. The van der Waals surface area contributed by atoms with Crippen LogP contribution in [-0.4, -0.2) is 27.4 Å². The zero-order valence-corrected chi connectivity index (χ0v) is 12.8. The number of aryl methyl sites for hydroxylation is 1. The van der Waals surface area contributed by atoms with Crippen molar-refractivity contribution in [1.29, 1.82) is 0 Å².